The van der Waals surface area contributed by atoms with Crippen LogP contribution in [0.15, 0.2) is 48.5 Å². The molecule has 22 heavy (non-hydrogen) atoms. The molecule has 0 bridgehead atoms. The molecule has 0 saturated carbocycles. The predicted molar refractivity (Wildman–Crippen MR) is 98.1 cm³/mol. The van der Waals surface area contributed by atoms with Crippen molar-refractivity contribution in [2.45, 2.75) is 45.6 Å². The molecule has 0 aliphatic rings. The van der Waals surface area contributed by atoms with Crippen molar-refractivity contribution in [1.29, 1.82) is 0 Å². The summed E-state index contributed by atoms with van der Waals surface area (Å²) >= 11 is 5.77. The minimum Gasteiger partial charge on any atom is -0.397 e. The molecule has 0 aromatic heterocycles. The first kappa shape index (κ1) is 18.5. The van der Waals surface area contributed by atoms with Crippen LogP contribution in [0.25, 0.3) is 0 Å². The van der Waals surface area contributed by atoms with Crippen LogP contribution in [0.3, 0.4) is 0 Å². The zero-order valence-electron chi connectivity index (χ0n) is 13.8. The summed E-state index contributed by atoms with van der Waals surface area (Å²) in [6, 6.07) is 16.0. The van der Waals surface area contributed by atoms with Gasteiger partial charge >= 0.3 is 0 Å². The maximum Gasteiger partial charge on any atom is 0.0638 e. The van der Waals surface area contributed by atoms with Crippen molar-refractivity contribution in [3.05, 3.63) is 64.7 Å². The molecule has 0 radical (unpaired) electrons. The van der Waals surface area contributed by atoms with Gasteiger partial charge in [0.1, 0.15) is 0 Å². The molecule has 0 atom stereocenters. The van der Waals surface area contributed by atoms with Crippen LogP contribution in [0.2, 0.25) is 5.02 Å². The fourth-order valence-electron chi connectivity index (χ4n) is 2.32. The molecule has 3 heteroatoms. The third-order valence-electron chi connectivity index (χ3n) is 4.13. The maximum absolute atomic E-state index is 6.22. The van der Waals surface area contributed by atoms with E-state index in [4.69, 9.17) is 23.1 Å². The number of para-hydroxylation sites is 1. The number of rotatable bonds is 4. The number of nitrogen functional groups attached to an aromatic ring is 1. The second-order valence-electron chi connectivity index (χ2n) is 5.40. The van der Waals surface area contributed by atoms with Crippen molar-refractivity contribution < 1.29 is 0 Å². The highest BCUT2D eigenvalue weighted by Crippen LogP contribution is 2.24. The lowest BCUT2D eigenvalue weighted by Gasteiger charge is -2.27. The Morgan fingerprint density at radius 2 is 1.50 bits per heavy atom. The molecule has 0 amide bonds. The van der Waals surface area contributed by atoms with E-state index < -0.39 is 0 Å². The number of nitrogens with two attached hydrogens (primary N) is 2. The number of anilines is 1. The van der Waals surface area contributed by atoms with Crippen molar-refractivity contribution in [3.8, 4) is 0 Å². The number of benzene rings is 2. The first-order valence-electron chi connectivity index (χ1n) is 7.85. The van der Waals surface area contributed by atoms with Gasteiger partial charge in [-0.05, 0) is 36.5 Å². The average Bonchev–Trinajstić information content (AvgIpc) is 2.58. The molecule has 0 heterocycles. The molecule has 0 aliphatic carbocycles. The van der Waals surface area contributed by atoms with Crippen molar-refractivity contribution in [2.75, 3.05) is 5.73 Å². The second kappa shape index (κ2) is 8.82. The summed E-state index contributed by atoms with van der Waals surface area (Å²) < 4.78 is 0. The smallest absolute Gasteiger partial charge is 0.0638 e. The summed E-state index contributed by atoms with van der Waals surface area (Å²) in [6.07, 6.45) is 2.92. The Hall–Kier alpha value is -1.51. The van der Waals surface area contributed by atoms with Crippen LogP contribution in [-0.4, -0.2) is 0 Å². The van der Waals surface area contributed by atoms with Crippen molar-refractivity contribution >= 4 is 17.3 Å². The molecule has 0 aliphatic heterocycles. The third kappa shape index (κ3) is 4.75. The van der Waals surface area contributed by atoms with E-state index in [1.807, 2.05) is 30.3 Å². The second-order valence-corrected chi connectivity index (χ2v) is 5.80. The Labute approximate surface area is 139 Å². The highest BCUT2D eigenvalue weighted by atomic mass is 35.5. The molecule has 4 N–H and O–H groups in total. The van der Waals surface area contributed by atoms with E-state index in [1.165, 1.54) is 5.56 Å². The molecule has 2 aromatic carbocycles. The molecule has 0 fully saturated rings. The number of halogens is 1. The van der Waals surface area contributed by atoms with Gasteiger partial charge in [-0.3, -0.25) is 0 Å². The van der Waals surface area contributed by atoms with Gasteiger partial charge in [0.05, 0.1) is 10.7 Å². The summed E-state index contributed by atoms with van der Waals surface area (Å²) in [5, 5.41) is 0.652. The topological polar surface area (TPSA) is 52.0 Å². The Kier molecular flexibility index (Phi) is 7.43. The lowest BCUT2D eigenvalue weighted by atomic mass is 9.86. The van der Waals surface area contributed by atoms with Crippen molar-refractivity contribution in [1.82, 2.24) is 0 Å². The van der Waals surface area contributed by atoms with Crippen LogP contribution in [0.4, 0.5) is 5.69 Å². The number of hydrogen-bond acceptors (Lipinski definition) is 2. The van der Waals surface area contributed by atoms with Crippen LogP contribution in [0.1, 0.15) is 44.7 Å². The summed E-state index contributed by atoms with van der Waals surface area (Å²) in [7, 11) is 0. The fourth-order valence-corrected chi connectivity index (χ4v) is 2.51. The monoisotopic (exact) mass is 318 g/mol. The molecule has 120 valence electrons. The van der Waals surface area contributed by atoms with Crippen LogP contribution < -0.4 is 11.5 Å². The predicted octanol–water partition coefficient (Wildman–Crippen LogP) is 5.15. The standard InChI is InChI=1S/C11H17N.C8H10ClN/c1-3-11(12,4-2)10-8-6-5-7-9-10;1-2-6-4-3-5-7(9)8(6)10/h5-9H,3-4,12H2,1-2H3;3-5H,2,10H2,1H3. The number of hydrogen-bond donors (Lipinski definition) is 2. The van der Waals surface area contributed by atoms with E-state index in [-0.39, 0.29) is 5.54 Å². The largest absolute Gasteiger partial charge is 0.397 e. The minimum atomic E-state index is -0.124. The normalized spacial score (nSPS) is 10.8. The summed E-state index contributed by atoms with van der Waals surface area (Å²) in [6.45, 7) is 6.33. The van der Waals surface area contributed by atoms with Gasteiger partial charge in [0, 0.05) is 5.54 Å². The Balaban J connectivity index is 0.000000224. The van der Waals surface area contributed by atoms with E-state index in [1.54, 1.807) is 6.07 Å². The van der Waals surface area contributed by atoms with Gasteiger partial charge in [-0.25, -0.2) is 0 Å². The number of aryl methyl sites for hydroxylation is 1. The zero-order chi connectivity index (χ0) is 16.6. The van der Waals surface area contributed by atoms with Crippen LogP contribution >= 0.6 is 11.6 Å². The van der Waals surface area contributed by atoms with Gasteiger partial charge in [0.25, 0.3) is 0 Å². The minimum absolute atomic E-state index is 0.124. The molecule has 2 nitrogen and oxygen atoms in total. The van der Waals surface area contributed by atoms with Crippen molar-refractivity contribution in [3.63, 3.8) is 0 Å². The third-order valence-corrected chi connectivity index (χ3v) is 4.46. The fraction of sp³-hybridized carbons (Fsp3) is 0.368. The van der Waals surface area contributed by atoms with Crippen LogP contribution in [0, 0.1) is 0 Å². The lowest BCUT2D eigenvalue weighted by Crippen LogP contribution is -2.34. The van der Waals surface area contributed by atoms with Crippen LogP contribution in [-0.2, 0) is 12.0 Å². The highest BCUT2D eigenvalue weighted by molar-refractivity contribution is 6.33. The maximum atomic E-state index is 6.22. The Morgan fingerprint density at radius 1 is 0.909 bits per heavy atom. The van der Waals surface area contributed by atoms with Gasteiger partial charge in [-0.15, -0.1) is 0 Å². The summed E-state index contributed by atoms with van der Waals surface area (Å²) in [5.74, 6) is 0. The van der Waals surface area contributed by atoms with Gasteiger partial charge in [0.2, 0.25) is 0 Å². The van der Waals surface area contributed by atoms with Gasteiger partial charge in [0.15, 0.2) is 0 Å². The summed E-state index contributed by atoms with van der Waals surface area (Å²) in [5.41, 5.74) is 14.8. The van der Waals surface area contributed by atoms with E-state index >= 15 is 0 Å². The van der Waals surface area contributed by atoms with E-state index in [0.717, 1.165) is 24.8 Å². The quantitative estimate of drug-likeness (QED) is 0.766. The first-order valence-corrected chi connectivity index (χ1v) is 8.23. The molecule has 0 unspecified atom stereocenters. The van der Waals surface area contributed by atoms with Gasteiger partial charge in [-0.1, -0.05) is 74.8 Å². The van der Waals surface area contributed by atoms with Crippen molar-refractivity contribution in [2.24, 2.45) is 5.73 Å². The highest BCUT2D eigenvalue weighted by Gasteiger charge is 2.21. The average molecular weight is 319 g/mol. The molecular formula is C19H27ClN2. The SMILES string of the molecule is CCC(N)(CC)c1ccccc1.CCc1cccc(Cl)c1N. The van der Waals surface area contributed by atoms with Gasteiger partial charge in [-0.2, -0.15) is 0 Å². The first-order chi connectivity index (χ1) is 10.5. The molecular weight excluding hydrogens is 292 g/mol. The molecule has 0 spiro atoms. The van der Waals surface area contributed by atoms with Crippen LogP contribution in [0.5, 0.6) is 0 Å². The zero-order valence-corrected chi connectivity index (χ0v) is 14.5. The lowest BCUT2D eigenvalue weighted by molar-refractivity contribution is 0.413. The Morgan fingerprint density at radius 3 is 1.95 bits per heavy atom. The molecule has 2 rings (SSSR count). The van der Waals surface area contributed by atoms with Gasteiger partial charge < -0.3 is 11.5 Å². The Bertz CT molecular complexity index is 563. The molecule has 2 aromatic rings. The molecule has 0 saturated heterocycles. The van der Waals surface area contributed by atoms with E-state index in [0.29, 0.717) is 10.7 Å². The van der Waals surface area contributed by atoms with E-state index in [2.05, 4.69) is 32.9 Å². The van der Waals surface area contributed by atoms with E-state index in [9.17, 15) is 0 Å². The summed E-state index contributed by atoms with van der Waals surface area (Å²) in [4.78, 5) is 0.